The lowest BCUT2D eigenvalue weighted by molar-refractivity contribution is -0.140. The predicted molar refractivity (Wildman–Crippen MR) is 76.3 cm³/mol. The van der Waals surface area contributed by atoms with Crippen LogP contribution in [0.15, 0.2) is 0 Å². The second-order valence-electron chi connectivity index (χ2n) is 4.72. The number of piperidine rings is 1. The Morgan fingerprint density at radius 2 is 2.11 bits per heavy atom. The molecule has 1 amide bonds. The molecule has 1 rings (SSSR count). The summed E-state index contributed by atoms with van der Waals surface area (Å²) in [6, 6.07) is 0. The highest BCUT2D eigenvalue weighted by Crippen LogP contribution is 2.09. The van der Waals surface area contributed by atoms with Crippen molar-refractivity contribution < 1.29 is 14.3 Å². The predicted octanol–water partition coefficient (Wildman–Crippen LogP) is 1.26. The third-order valence-electron chi connectivity index (χ3n) is 3.25. The topological polar surface area (TPSA) is 67.4 Å². The monoisotopic (exact) mass is 292 g/mol. The standard InChI is InChI=1S/C13H24N2O3.ClH/c1-18-12(16)7-3-2-4-9-15-13(17)11-6-5-8-14-10-11;/h11,14H,2-10H2,1H3,(H,15,17);1H. The summed E-state index contributed by atoms with van der Waals surface area (Å²) in [5.41, 5.74) is 0. The largest absolute Gasteiger partial charge is 0.469 e. The van der Waals surface area contributed by atoms with Crippen LogP contribution in [0.1, 0.15) is 38.5 Å². The van der Waals surface area contributed by atoms with Crippen molar-refractivity contribution in [2.75, 3.05) is 26.7 Å². The number of carbonyl (C=O) groups excluding carboxylic acids is 2. The van der Waals surface area contributed by atoms with E-state index in [-0.39, 0.29) is 30.2 Å². The zero-order valence-corrected chi connectivity index (χ0v) is 12.4. The average Bonchev–Trinajstić information content (AvgIpc) is 2.43. The molecule has 6 heteroatoms. The molecule has 0 bridgehead atoms. The van der Waals surface area contributed by atoms with Crippen LogP contribution in [0.5, 0.6) is 0 Å². The molecule has 1 unspecified atom stereocenters. The number of unbranched alkanes of at least 4 members (excludes halogenated alkanes) is 2. The van der Waals surface area contributed by atoms with Gasteiger partial charge in [0.05, 0.1) is 13.0 Å². The molecule has 0 saturated carbocycles. The Morgan fingerprint density at radius 1 is 1.32 bits per heavy atom. The average molecular weight is 293 g/mol. The van der Waals surface area contributed by atoms with E-state index in [1.165, 1.54) is 7.11 Å². The number of ether oxygens (including phenoxy) is 1. The number of carbonyl (C=O) groups is 2. The van der Waals surface area contributed by atoms with E-state index >= 15 is 0 Å². The number of hydrogen-bond donors (Lipinski definition) is 2. The smallest absolute Gasteiger partial charge is 0.305 e. The summed E-state index contributed by atoms with van der Waals surface area (Å²) in [4.78, 5) is 22.6. The van der Waals surface area contributed by atoms with Gasteiger partial charge in [-0.05, 0) is 32.2 Å². The van der Waals surface area contributed by atoms with Crippen molar-refractivity contribution in [1.82, 2.24) is 10.6 Å². The van der Waals surface area contributed by atoms with E-state index in [1.807, 2.05) is 0 Å². The second kappa shape index (κ2) is 11.1. The Bertz CT molecular complexity index is 269. The van der Waals surface area contributed by atoms with Crippen molar-refractivity contribution in [3.05, 3.63) is 0 Å². The number of esters is 1. The maximum absolute atomic E-state index is 11.8. The summed E-state index contributed by atoms with van der Waals surface area (Å²) in [6.07, 6.45) is 5.23. The highest BCUT2D eigenvalue weighted by atomic mass is 35.5. The first-order chi connectivity index (χ1) is 8.74. The fraction of sp³-hybridized carbons (Fsp3) is 0.846. The van der Waals surface area contributed by atoms with Crippen LogP contribution in [0.25, 0.3) is 0 Å². The van der Waals surface area contributed by atoms with Gasteiger partial charge in [-0.3, -0.25) is 9.59 Å². The SMILES string of the molecule is COC(=O)CCCCCNC(=O)C1CCCNC1.Cl. The van der Waals surface area contributed by atoms with Gasteiger partial charge in [0.1, 0.15) is 0 Å². The number of amides is 1. The van der Waals surface area contributed by atoms with Crippen molar-refractivity contribution in [2.24, 2.45) is 5.92 Å². The lowest BCUT2D eigenvalue weighted by Crippen LogP contribution is -2.40. The minimum atomic E-state index is -0.160. The van der Waals surface area contributed by atoms with Gasteiger partial charge in [-0.15, -0.1) is 12.4 Å². The van der Waals surface area contributed by atoms with Crippen molar-refractivity contribution in [3.8, 4) is 0 Å². The zero-order valence-electron chi connectivity index (χ0n) is 11.6. The Morgan fingerprint density at radius 3 is 2.74 bits per heavy atom. The van der Waals surface area contributed by atoms with Gasteiger partial charge in [-0.2, -0.15) is 0 Å². The highest BCUT2D eigenvalue weighted by molar-refractivity contribution is 5.85. The molecule has 1 aliphatic rings. The van der Waals surface area contributed by atoms with Gasteiger partial charge in [0.15, 0.2) is 0 Å². The van der Waals surface area contributed by atoms with E-state index < -0.39 is 0 Å². The number of methoxy groups -OCH3 is 1. The molecule has 0 spiro atoms. The van der Waals surface area contributed by atoms with Crippen LogP contribution in [-0.4, -0.2) is 38.6 Å². The van der Waals surface area contributed by atoms with Crippen LogP contribution in [0, 0.1) is 5.92 Å². The molecular formula is C13H25ClN2O3. The molecule has 112 valence electrons. The van der Waals surface area contributed by atoms with Gasteiger partial charge >= 0.3 is 5.97 Å². The zero-order chi connectivity index (χ0) is 13.2. The molecule has 19 heavy (non-hydrogen) atoms. The molecule has 1 atom stereocenters. The summed E-state index contributed by atoms with van der Waals surface area (Å²) in [5.74, 6) is 0.135. The fourth-order valence-electron chi connectivity index (χ4n) is 2.10. The minimum absolute atomic E-state index is 0. The van der Waals surface area contributed by atoms with Gasteiger partial charge in [0.2, 0.25) is 5.91 Å². The molecule has 0 aromatic carbocycles. The van der Waals surface area contributed by atoms with Crippen molar-refractivity contribution in [2.45, 2.75) is 38.5 Å². The fourth-order valence-corrected chi connectivity index (χ4v) is 2.10. The molecular weight excluding hydrogens is 268 g/mol. The van der Waals surface area contributed by atoms with E-state index in [0.29, 0.717) is 13.0 Å². The van der Waals surface area contributed by atoms with E-state index in [4.69, 9.17) is 0 Å². The van der Waals surface area contributed by atoms with Crippen LogP contribution in [0.3, 0.4) is 0 Å². The summed E-state index contributed by atoms with van der Waals surface area (Å²) in [6.45, 7) is 2.53. The second-order valence-corrected chi connectivity index (χ2v) is 4.72. The molecule has 0 aliphatic carbocycles. The Kier molecular flexibility index (Phi) is 10.6. The molecule has 1 fully saturated rings. The highest BCUT2D eigenvalue weighted by Gasteiger charge is 2.19. The van der Waals surface area contributed by atoms with Crippen molar-refractivity contribution >= 4 is 24.3 Å². The summed E-state index contributed by atoms with van der Waals surface area (Å²) in [5, 5.41) is 6.19. The Hall–Kier alpha value is -0.810. The van der Waals surface area contributed by atoms with E-state index in [1.54, 1.807) is 0 Å². The first kappa shape index (κ1) is 18.2. The van der Waals surface area contributed by atoms with Crippen LogP contribution < -0.4 is 10.6 Å². The summed E-state index contributed by atoms with van der Waals surface area (Å²) < 4.78 is 4.56. The maximum atomic E-state index is 11.8. The molecule has 0 aromatic rings. The molecule has 0 aromatic heterocycles. The first-order valence-electron chi connectivity index (χ1n) is 6.79. The minimum Gasteiger partial charge on any atom is -0.469 e. The molecule has 1 heterocycles. The third kappa shape index (κ3) is 8.06. The van der Waals surface area contributed by atoms with Crippen molar-refractivity contribution in [3.63, 3.8) is 0 Å². The molecule has 1 aliphatic heterocycles. The Labute approximate surface area is 121 Å². The van der Waals surface area contributed by atoms with Gasteiger partial charge in [-0.1, -0.05) is 6.42 Å². The van der Waals surface area contributed by atoms with E-state index in [0.717, 1.165) is 45.2 Å². The van der Waals surface area contributed by atoms with Gasteiger partial charge in [0, 0.05) is 19.5 Å². The lowest BCUT2D eigenvalue weighted by Gasteiger charge is -2.21. The van der Waals surface area contributed by atoms with Crippen LogP contribution in [-0.2, 0) is 14.3 Å². The number of hydrogen-bond acceptors (Lipinski definition) is 4. The van der Waals surface area contributed by atoms with Crippen LogP contribution >= 0.6 is 12.4 Å². The molecule has 2 N–H and O–H groups in total. The Balaban J connectivity index is 0.00000324. The number of halogens is 1. The quantitative estimate of drug-likeness (QED) is 0.547. The van der Waals surface area contributed by atoms with Crippen LogP contribution in [0.2, 0.25) is 0 Å². The molecule has 5 nitrogen and oxygen atoms in total. The first-order valence-corrected chi connectivity index (χ1v) is 6.79. The van der Waals surface area contributed by atoms with Gasteiger partial charge in [-0.25, -0.2) is 0 Å². The van der Waals surface area contributed by atoms with E-state index in [2.05, 4.69) is 15.4 Å². The van der Waals surface area contributed by atoms with Gasteiger partial charge in [0.25, 0.3) is 0 Å². The molecule has 1 saturated heterocycles. The normalized spacial score (nSPS) is 18.3. The van der Waals surface area contributed by atoms with E-state index in [9.17, 15) is 9.59 Å². The number of nitrogens with one attached hydrogen (secondary N) is 2. The maximum Gasteiger partial charge on any atom is 0.305 e. The van der Waals surface area contributed by atoms with Crippen molar-refractivity contribution in [1.29, 1.82) is 0 Å². The van der Waals surface area contributed by atoms with Crippen LogP contribution in [0.4, 0.5) is 0 Å². The molecule has 0 radical (unpaired) electrons. The third-order valence-corrected chi connectivity index (χ3v) is 3.25. The number of rotatable bonds is 7. The lowest BCUT2D eigenvalue weighted by atomic mass is 9.99. The summed E-state index contributed by atoms with van der Waals surface area (Å²) >= 11 is 0. The van der Waals surface area contributed by atoms with Gasteiger partial charge < -0.3 is 15.4 Å². The summed E-state index contributed by atoms with van der Waals surface area (Å²) in [7, 11) is 1.40.